The van der Waals surface area contributed by atoms with Crippen molar-refractivity contribution in [2.45, 2.75) is 26.7 Å². The summed E-state index contributed by atoms with van der Waals surface area (Å²) in [4.78, 5) is 12.7. The molecule has 0 spiro atoms. The van der Waals surface area contributed by atoms with E-state index >= 15 is 0 Å². The van der Waals surface area contributed by atoms with Crippen LogP contribution in [0, 0.1) is 91.8 Å². The molecule has 3 heterocycles. The first kappa shape index (κ1) is 72.9. The molecule has 0 radical (unpaired) electrons. The molecule has 0 unspecified atom stereocenters. The molecule has 0 aliphatic carbocycles. The molecule has 9 rings (SSSR count). The standard InChI is InChI=1S/C85H79N3O12/c1-61-43-67(22-25-73-46-70(19-16-64-13-10-28-86-58-64)49-76(52-73)98-40-37-95-34-31-89-4)55-79(83(61)92-7)82(80-56-68(44-62(2)84(80)93-8)23-26-74-47-71(20-17-65-14-11-29-87-59-65)50-77(53-74)99-41-38-96-35-32-90-5)81-57-69(45-63(3)85(81)94-9)24-27-75-48-72(21-18-66-15-12-30-88-60-66)51-78(54-75)100-42-39-97-36-33-91-6/h10-15,28-30,43-60,82H,31-42H2,1-9H3. The molecule has 0 atom stereocenters. The molecular formula is C85H79N3O12. The first-order valence-corrected chi connectivity index (χ1v) is 32.4. The number of methoxy groups -OCH3 is 6. The van der Waals surface area contributed by atoms with E-state index in [1.165, 1.54) is 0 Å². The second kappa shape index (κ2) is 39.2. The summed E-state index contributed by atoms with van der Waals surface area (Å²) in [6.45, 7) is 10.8. The van der Waals surface area contributed by atoms with Crippen molar-refractivity contribution in [2.75, 3.05) is 122 Å². The molecule has 0 N–H and O–H groups in total. The van der Waals surface area contributed by atoms with Gasteiger partial charge in [0, 0.05) is 148 Å². The highest BCUT2D eigenvalue weighted by Crippen LogP contribution is 2.48. The van der Waals surface area contributed by atoms with E-state index in [4.69, 9.17) is 56.8 Å². The summed E-state index contributed by atoms with van der Waals surface area (Å²) in [7, 11) is 9.94. The Morgan fingerprint density at radius 3 is 0.750 bits per heavy atom. The molecule has 0 bridgehead atoms. The van der Waals surface area contributed by atoms with Gasteiger partial charge >= 0.3 is 0 Å². The van der Waals surface area contributed by atoms with Crippen LogP contribution in [0.3, 0.4) is 0 Å². The summed E-state index contributed by atoms with van der Waals surface area (Å²) in [5.74, 6) is 43.5. The molecule has 15 nitrogen and oxygen atoms in total. The third-order valence-corrected chi connectivity index (χ3v) is 15.1. The summed E-state index contributed by atoms with van der Waals surface area (Å²) in [6, 6.07) is 40.8. The van der Waals surface area contributed by atoms with Crippen molar-refractivity contribution in [2.24, 2.45) is 0 Å². The lowest BCUT2D eigenvalue weighted by molar-refractivity contribution is 0.0544. The van der Waals surface area contributed by atoms with Gasteiger partial charge in [-0.05, 0) is 165 Å². The topological polar surface area (TPSA) is 149 Å². The Hall–Kier alpha value is -11.3. The molecule has 15 heteroatoms. The number of nitrogens with zero attached hydrogens (tertiary/aromatic N) is 3. The Kier molecular flexibility index (Phi) is 28.6. The normalized spacial score (nSPS) is 10.4. The van der Waals surface area contributed by atoms with Gasteiger partial charge in [-0.15, -0.1) is 0 Å². The number of hydrogen-bond acceptors (Lipinski definition) is 15. The maximum atomic E-state index is 6.49. The average Bonchev–Trinajstić information content (AvgIpc) is 0.753. The molecule has 100 heavy (non-hydrogen) atoms. The van der Waals surface area contributed by atoms with Crippen LogP contribution in [0.4, 0.5) is 0 Å². The molecule has 6 aromatic carbocycles. The van der Waals surface area contributed by atoms with Crippen LogP contribution in [0.15, 0.2) is 165 Å². The van der Waals surface area contributed by atoms with Crippen LogP contribution < -0.4 is 28.4 Å². The SMILES string of the molecule is COCCOCCOc1cc(C#Cc2cccnc2)cc(C#Cc2cc(C)c(OC)c(C(c3cc(C#Cc4cc(C#Cc5cccnc5)cc(OCCOCCOC)c4)cc(C)c3OC)c3cc(C#Cc4cc(C#Cc5cccnc5)cc(OCCOCCOC)c4)cc(C)c3OC)c2)c1. The summed E-state index contributed by atoms with van der Waals surface area (Å²) in [6.07, 6.45) is 10.3. The molecule has 3 aromatic heterocycles. The van der Waals surface area contributed by atoms with Crippen LogP contribution in [0.5, 0.6) is 34.5 Å². The van der Waals surface area contributed by atoms with E-state index in [9.17, 15) is 0 Å². The predicted molar refractivity (Wildman–Crippen MR) is 387 cm³/mol. The number of ether oxygens (including phenoxy) is 12. The van der Waals surface area contributed by atoms with Gasteiger partial charge in [0.05, 0.1) is 80.8 Å². The van der Waals surface area contributed by atoms with Gasteiger partial charge in [-0.25, -0.2) is 0 Å². The maximum absolute atomic E-state index is 6.49. The molecule has 0 saturated carbocycles. The van der Waals surface area contributed by atoms with E-state index < -0.39 is 5.92 Å². The van der Waals surface area contributed by atoms with Gasteiger partial charge in [0.15, 0.2) is 0 Å². The van der Waals surface area contributed by atoms with E-state index in [-0.39, 0.29) is 0 Å². The van der Waals surface area contributed by atoms with E-state index in [1.54, 1.807) is 79.8 Å². The third-order valence-electron chi connectivity index (χ3n) is 15.1. The van der Waals surface area contributed by atoms with Gasteiger partial charge in [0.1, 0.15) is 54.3 Å². The van der Waals surface area contributed by atoms with Gasteiger partial charge in [-0.1, -0.05) is 71.0 Å². The molecule has 0 aliphatic heterocycles. The van der Waals surface area contributed by atoms with Gasteiger partial charge in [-0.2, -0.15) is 0 Å². The lowest BCUT2D eigenvalue weighted by Crippen LogP contribution is -2.12. The predicted octanol–water partition coefficient (Wildman–Crippen LogP) is 12.5. The van der Waals surface area contributed by atoms with E-state index in [2.05, 4.69) is 104 Å². The number of rotatable bonds is 27. The zero-order valence-corrected chi connectivity index (χ0v) is 57.9. The minimum absolute atomic E-state index is 0.306. The van der Waals surface area contributed by atoms with Crippen LogP contribution in [-0.4, -0.2) is 137 Å². The fraction of sp³-hybridized carbons (Fsp3) is 0.259. The van der Waals surface area contributed by atoms with Crippen molar-refractivity contribution in [3.05, 3.63) is 265 Å². The van der Waals surface area contributed by atoms with Gasteiger partial charge in [-0.3, -0.25) is 15.0 Å². The molecule has 0 saturated heterocycles. The summed E-state index contributed by atoms with van der Waals surface area (Å²) >= 11 is 0. The number of pyridine rings is 3. The lowest BCUT2D eigenvalue weighted by atomic mass is 9.80. The molecular weight excluding hydrogens is 1250 g/mol. The Labute approximate surface area is 587 Å². The van der Waals surface area contributed by atoms with Crippen molar-refractivity contribution < 1.29 is 56.8 Å². The molecule has 9 aromatic rings. The highest BCUT2D eigenvalue weighted by Gasteiger charge is 2.30. The Balaban J connectivity index is 1.20. The highest BCUT2D eigenvalue weighted by molar-refractivity contribution is 5.67. The number of benzene rings is 6. The van der Waals surface area contributed by atoms with Crippen molar-refractivity contribution in [3.8, 4) is 106 Å². The Bertz CT molecular complexity index is 4160. The van der Waals surface area contributed by atoms with Crippen molar-refractivity contribution in [1.29, 1.82) is 0 Å². The van der Waals surface area contributed by atoms with Crippen LogP contribution in [0.2, 0.25) is 0 Å². The largest absolute Gasteiger partial charge is 0.496 e. The lowest BCUT2D eigenvalue weighted by Gasteiger charge is -2.27. The monoisotopic (exact) mass is 1330 g/mol. The smallest absolute Gasteiger partial charge is 0.126 e. The zero-order chi connectivity index (χ0) is 70.1. The molecule has 0 aliphatic rings. The second-order valence-corrected chi connectivity index (χ2v) is 22.5. The summed E-state index contributed by atoms with van der Waals surface area (Å²) in [5, 5.41) is 0. The summed E-state index contributed by atoms with van der Waals surface area (Å²) < 4.78 is 70.9. The number of aryl methyl sites for hydroxylation is 3. The van der Waals surface area contributed by atoms with Crippen molar-refractivity contribution in [1.82, 2.24) is 15.0 Å². The molecule has 0 fully saturated rings. The first-order valence-electron chi connectivity index (χ1n) is 32.4. The van der Waals surface area contributed by atoms with E-state index in [0.717, 1.165) is 50.1 Å². The number of hydrogen-bond donors (Lipinski definition) is 0. The molecule has 0 amide bonds. The van der Waals surface area contributed by atoms with Gasteiger partial charge in [0.2, 0.25) is 0 Å². The van der Waals surface area contributed by atoms with Gasteiger partial charge in [0.25, 0.3) is 0 Å². The maximum Gasteiger partial charge on any atom is 0.126 e. The van der Waals surface area contributed by atoms with Crippen molar-refractivity contribution >= 4 is 0 Å². The molecule has 506 valence electrons. The van der Waals surface area contributed by atoms with E-state index in [1.807, 2.05) is 130 Å². The fourth-order valence-corrected chi connectivity index (χ4v) is 10.6. The van der Waals surface area contributed by atoms with E-state index in [0.29, 0.717) is 164 Å². The number of aromatic nitrogens is 3. The average molecular weight is 1330 g/mol. The summed E-state index contributed by atoms with van der Waals surface area (Å²) in [5.41, 5.74) is 13.4. The zero-order valence-electron chi connectivity index (χ0n) is 57.9. The Morgan fingerprint density at radius 1 is 0.280 bits per heavy atom. The fourth-order valence-electron chi connectivity index (χ4n) is 10.6. The Morgan fingerprint density at radius 2 is 0.520 bits per heavy atom. The van der Waals surface area contributed by atoms with Crippen LogP contribution >= 0.6 is 0 Å². The van der Waals surface area contributed by atoms with Crippen molar-refractivity contribution in [3.63, 3.8) is 0 Å². The van der Waals surface area contributed by atoms with Crippen LogP contribution in [0.1, 0.15) is 106 Å². The second-order valence-electron chi connectivity index (χ2n) is 22.5. The van der Waals surface area contributed by atoms with Gasteiger partial charge < -0.3 is 56.8 Å². The third kappa shape index (κ3) is 22.4. The minimum Gasteiger partial charge on any atom is -0.496 e. The minimum atomic E-state index is -0.673. The quantitative estimate of drug-likeness (QED) is 0.0273. The van der Waals surface area contributed by atoms with Crippen LogP contribution in [0.25, 0.3) is 0 Å². The van der Waals surface area contributed by atoms with Crippen LogP contribution in [-0.2, 0) is 28.4 Å². The first-order chi connectivity index (χ1) is 49.0. The highest BCUT2D eigenvalue weighted by atomic mass is 16.6.